The Balaban J connectivity index is 1.77. The minimum atomic E-state index is -3.65. The standard InChI is InChI=1S/C19H19ClN4O4S/c1-2-23(29(27,28)15-7-5-14(20)6-8-15)13-12-21-17-9-10-18(24(25)26)16-4-3-11-22-19(16)17/h3-11,21H,2,12-13H2,1H3. The lowest BCUT2D eigenvalue weighted by molar-refractivity contribution is -0.383. The number of sulfonamides is 1. The highest BCUT2D eigenvalue weighted by Crippen LogP contribution is 2.29. The summed E-state index contributed by atoms with van der Waals surface area (Å²) in [7, 11) is -3.65. The lowest BCUT2D eigenvalue weighted by Gasteiger charge is -2.21. The molecule has 29 heavy (non-hydrogen) atoms. The number of halogens is 1. The number of nitrogens with one attached hydrogen (secondary N) is 1. The van der Waals surface area contributed by atoms with E-state index in [4.69, 9.17) is 11.6 Å². The van der Waals surface area contributed by atoms with Crippen molar-refractivity contribution in [1.29, 1.82) is 0 Å². The summed E-state index contributed by atoms with van der Waals surface area (Å²) in [6.45, 7) is 2.58. The number of likely N-dealkylation sites (N-methyl/N-ethyl adjacent to an activating group) is 1. The molecule has 10 heteroatoms. The van der Waals surface area contributed by atoms with Crippen LogP contribution in [0.4, 0.5) is 11.4 Å². The van der Waals surface area contributed by atoms with Gasteiger partial charge in [0.05, 0.1) is 20.9 Å². The molecule has 3 rings (SSSR count). The second kappa shape index (κ2) is 8.73. The fourth-order valence-corrected chi connectivity index (χ4v) is 4.55. The van der Waals surface area contributed by atoms with Gasteiger partial charge in [-0.3, -0.25) is 15.1 Å². The second-order valence-electron chi connectivity index (χ2n) is 6.17. The van der Waals surface area contributed by atoms with Crippen LogP contribution < -0.4 is 5.32 Å². The Hall–Kier alpha value is -2.75. The molecule has 0 aliphatic rings. The highest BCUT2D eigenvalue weighted by molar-refractivity contribution is 7.89. The number of hydrogen-bond donors (Lipinski definition) is 1. The number of nitro groups is 1. The van der Waals surface area contributed by atoms with Gasteiger partial charge in [-0.1, -0.05) is 18.5 Å². The van der Waals surface area contributed by atoms with Crippen molar-refractivity contribution >= 4 is 43.9 Å². The largest absolute Gasteiger partial charge is 0.382 e. The summed E-state index contributed by atoms with van der Waals surface area (Å²) in [6, 6.07) is 12.3. The maximum Gasteiger partial charge on any atom is 0.278 e. The molecular formula is C19H19ClN4O4S. The number of nitrogens with zero attached hydrogens (tertiary/aromatic N) is 3. The Kier molecular flexibility index (Phi) is 6.31. The van der Waals surface area contributed by atoms with Gasteiger partial charge in [0.15, 0.2) is 0 Å². The average Bonchev–Trinajstić information content (AvgIpc) is 2.71. The van der Waals surface area contributed by atoms with Crippen molar-refractivity contribution in [3.8, 4) is 0 Å². The van der Waals surface area contributed by atoms with Crippen LogP contribution in [-0.4, -0.2) is 42.3 Å². The van der Waals surface area contributed by atoms with Gasteiger partial charge >= 0.3 is 0 Å². The van der Waals surface area contributed by atoms with Gasteiger partial charge in [-0.25, -0.2) is 8.42 Å². The van der Waals surface area contributed by atoms with Crippen LogP contribution in [0.5, 0.6) is 0 Å². The first-order valence-corrected chi connectivity index (χ1v) is 10.7. The average molecular weight is 435 g/mol. The summed E-state index contributed by atoms with van der Waals surface area (Å²) in [5.74, 6) is 0. The van der Waals surface area contributed by atoms with E-state index in [9.17, 15) is 18.5 Å². The molecule has 0 amide bonds. The number of hydrogen-bond acceptors (Lipinski definition) is 6. The molecule has 8 nitrogen and oxygen atoms in total. The van der Waals surface area contributed by atoms with E-state index in [-0.39, 0.29) is 17.1 Å². The lowest BCUT2D eigenvalue weighted by atomic mass is 10.1. The van der Waals surface area contributed by atoms with Gasteiger partial charge in [0.1, 0.15) is 5.52 Å². The number of anilines is 1. The molecule has 152 valence electrons. The van der Waals surface area contributed by atoms with Crippen LogP contribution in [-0.2, 0) is 10.0 Å². The number of benzene rings is 2. The maximum atomic E-state index is 12.8. The van der Waals surface area contributed by atoms with Crippen molar-refractivity contribution in [3.05, 3.63) is 69.9 Å². The number of non-ortho nitro benzene ring substituents is 1. The van der Waals surface area contributed by atoms with Crippen molar-refractivity contribution < 1.29 is 13.3 Å². The number of pyridine rings is 1. The van der Waals surface area contributed by atoms with E-state index in [0.717, 1.165) is 0 Å². The first-order valence-electron chi connectivity index (χ1n) is 8.86. The Morgan fingerprint density at radius 3 is 2.55 bits per heavy atom. The number of aromatic nitrogens is 1. The molecule has 1 N–H and O–H groups in total. The summed E-state index contributed by atoms with van der Waals surface area (Å²) >= 11 is 5.84. The highest BCUT2D eigenvalue weighted by atomic mass is 35.5. The molecule has 0 unspecified atom stereocenters. The Morgan fingerprint density at radius 1 is 1.17 bits per heavy atom. The van der Waals surface area contributed by atoms with Crippen molar-refractivity contribution in [2.24, 2.45) is 0 Å². The van der Waals surface area contributed by atoms with E-state index >= 15 is 0 Å². The lowest BCUT2D eigenvalue weighted by Crippen LogP contribution is -2.34. The molecule has 0 saturated carbocycles. The maximum absolute atomic E-state index is 12.8. The zero-order valence-electron chi connectivity index (χ0n) is 15.6. The van der Waals surface area contributed by atoms with Gasteiger partial charge in [-0.05, 0) is 42.5 Å². The monoisotopic (exact) mass is 434 g/mol. The van der Waals surface area contributed by atoms with Gasteiger partial charge in [-0.15, -0.1) is 0 Å². The van der Waals surface area contributed by atoms with E-state index in [2.05, 4.69) is 10.3 Å². The molecule has 0 spiro atoms. The molecule has 0 aliphatic carbocycles. The molecule has 2 aromatic carbocycles. The molecule has 0 aliphatic heterocycles. The van der Waals surface area contributed by atoms with Crippen LogP contribution >= 0.6 is 11.6 Å². The Morgan fingerprint density at radius 2 is 1.90 bits per heavy atom. The third kappa shape index (κ3) is 4.47. The fourth-order valence-electron chi connectivity index (χ4n) is 2.98. The van der Waals surface area contributed by atoms with E-state index in [0.29, 0.717) is 34.7 Å². The van der Waals surface area contributed by atoms with Crippen LogP contribution in [0.1, 0.15) is 6.92 Å². The fraction of sp³-hybridized carbons (Fsp3) is 0.211. The minimum Gasteiger partial charge on any atom is -0.382 e. The third-order valence-corrected chi connectivity index (χ3v) is 6.66. The van der Waals surface area contributed by atoms with E-state index < -0.39 is 14.9 Å². The second-order valence-corrected chi connectivity index (χ2v) is 8.54. The summed E-state index contributed by atoms with van der Waals surface area (Å²) in [6.07, 6.45) is 1.56. The number of rotatable bonds is 8. The zero-order valence-corrected chi connectivity index (χ0v) is 17.2. The molecule has 0 atom stereocenters. The van der Waals surface area contributed by atoms with E-state index in [1.54, 1.807) is 31.3 Å². The number of nitro benzene ring substituents is 1. The van der Waals surface area contributed by atoms with Crippen LogP contribution in [0.15, 0.2) is 59.6 Å². The Labute approximate surface area is 173 Å². The van der Waals surface area contributed by atoms with Crippen molar-refractivity contribution in [3.63, 3.8) is 0 Å². The summed E-state index contributed by atoms with van der Waals surface area (Å²) in [4.78, 5) is 15.2. The van der Waals surface area contributed by atoms with Crippen LogP contribution in [0.25, 0.3) is 10.9 Å². The normalized spacial score (nSPS) is 11.7. The smallest absolute Gasteiger partial charge is 0.278 e. The zero-order chi connectivity index (χ0) is 21.0. The first kappa shape index (κ1) is 21.0. The SMILES string of the molecule is CCN(CCNc1ccc([N+](=O)[O-])c2cccnc12)S(=O)(=O)c1ccc(Cl)cc1. The molecule has 0 saturated heterocycles. The van der Waals surface area contributed by atoms with Crippen molar-refractivity contribution in [2.75, 3.05) is 25.0 Å². The Bertz CT molecular complexity index is 1140. The van der Waals surface area contributed by atoms with Crippen LogP contribution in [0.3, 0.4) is 0 Å². The minimum absolute atomic E-state index is 0.0286. The molecule has 1 aromatic heterocycles. The van der Waals surface area contributed by atoms with Gasteiger partial charge in [0.25, 0.3) is 5.69 Å². The van der Waals surface area contributed by atoms with Crippen molar-refractivity contribution in [2.45, 2.75) is 11.8 Å². The van der Waals surface area contributed by atoms with Crippen LogP contribution in [0, 0.1) is 10.1 Å². The number of fused-ring (bicyclic) bond motifs is 1. The van der Waals surface area contributed by atoms with Gasteiger partial charge < -0.3 is 5.32 Å². The third-order valence-electron chi connectivity index (χ3n) is 4.42. The molecule has 0 fully saturated rings. The summed E-state index contributed by atoms with van der Waals surface area (Å²) in [5, 5.41) is 15.2. The van der Waals surface area contributed by atoms with Crippen LogP contribution in [0.2, 0.25) is 5.02 Å². The molecule has 1 heterocycles. The highest BCUT2D eigenvalue weighted by Gasteiger charge is 2.23. The van der Waals surface area contributed by atoms with Gasteiger partial charge in [0.2, 0.25) is 10.0 Å². The predicted molar refractivity (Wildman–Crippen MR) is 113 cm³/mol. The molecule has 0 bridgehead atoms. The quantitative estimate of drug-likeness (QED) is 0.425. The van der Waals surface area contributed by atoms with E-state index in [1.807, 2.05) is 0 Å². The van der Waals surface area contributed by atoms with Gasteiger partial charge in [0, 0.05) is 36.9 Å². The van der Waals surface area contributed by atoms with Gasteiger partial charge in [-0.2, -0.15) is 4.31 Å². The molecular weight excluding hydrogens is 416 g/mol. The van der Waals surface area contributed by atoms with E-state index in [1.165, 1.54) is 34.6 Å². The molecule has 3 aromatic rings. The summed E-state index contributed by atoms with van der Waals surface area (Å²) in [5.41, 5.74) is 1.04. The topological polar surface area (TPSA) is 105 Å². The first-order chi connectivity index (χ1) is 13.8. The molecule has 0 radical (unpaired) electrons. The summed E-state index contributed by atoms with van der Waals surface area (Å²) < 4.78 is 27.0. The predicted octanol–water partition coefficient (Wildman–Crippen LogP) is 3.92. The van der Waals surface area contributed by atoms with Crippen molar-refractivity contribution in [1.82, 2.24) is 9.29 Å².